The van der Waals surface area contributed by atoms with Gasteiger partial charge in [-0.3, -0.25) is 0 Å². The largest absolute Gasteiger partial charge is 0.328 e. The lowest BCUT2D eigenvalue weighted by atomic mass is 10.3. The Bertz CT molecular complexity index is 196. The number of amides is 2. The second kappa shape index (κ2) is 5.20. The van der Waals surface area contributed by atoms with Gasteiger partial charge in [0.2, 0.25) is 0 Å². The normalized spacial score (nSPS) is 23.1. The van der Waals surface area contributed by atoms with Crippen LogP contribution in [0.5, 0.6) is 0 Å². The van der Waals surface area contributed by atoms with E-state index in [1.807, 2.05) is 18.9 Å². The summed E-state index contributed by atoms with van der Waals surface area (Å²) in [5, 5.41) is 3.33. The highest BCUT2D eigenvalue weighted by molar-refractivity contribution is 5.74. The fraction of sp³-hybridized carbons (Fsp3) is 0.900. The van der Waals surface area contributed by atoms with Crippen LogP contribution in [0.3, 0.4) is 0 Å². The zero-order chi connectivity index (χ0) is 10.6. The van der Waals surface area contributed by atoms with Crippen LogP contribution in [0, 0.1) is 0 Å². The van der Waals surface area contributed by atoms with Crippen molar-refractivity contribution in [3.63, 3.8) is 0 Å². The van der Waals surface area contributed by atoms with Gasteiger partial charge in [0.1, 0.15) is 0 Å². The number of nitrogens with one attached hydrogen (secondary N) is 1. The molecule has 1 fully saturated rings. The molecule has 4 nitrogen and oxygen atoms in total. The van der Waals surface area contributed by atoms with E-state index in [2.05, 4.69) is 12.2 Å². The Morgan fingerprint density at radius 2 is 2.36 bits per heavy atom. The quantitative estimate of drug-likeness (QED) is 0.676. The molecule has 1 atom stereocenters. The molecule has 1 N–H and O–H groups in total. The lowest BCUT2D eigenvalue weighted by molar-refractivity contribution is 0.151. The van der Waals surface area contributed by atoms with Crippen molar-refractivity contribution in [1.82, 2.24) is 15.1 Å². The summed E-state index contributed by atoms with van der Waals surface area (Å²) in [4.78, 5) is 15.6. The minimum Gasteiger partial charge on any atom is -0.328 e. The maximum absolute atomic E-state index is 11.9. The number of nitrogens with zero attached hydrogens (tertiary/aromatic N) is 2. The van der Waals surface area contributed by atoms with E-state index >= 15 is 0 Å². The van der Waals surface area contributed by atoms with E-state index in [9.17, 15) is 4.79 Å². The monoisotopic (exact) mass is 199 g/mol. The first-order valence-corrected chi connectivity index (χ1v) is 5.39. The summed E-state index contributed by atoms with van der Waals surface area (Å²) in [6.07, 6.45) is 1.05. The van der Waals surface area contributed by atoms with Crippen LogP contribution >= 0.6 is 0 Å². The molecule has 82 valence electrons. The van der Waals surface area contributed by atoms with Crippen molar-refractivity contribution in [3.05, 3.63) is 0 Å². The smallest absolute Gasteiger partial charge is 0.320 e. The fourth-order valence-electron chi connectivity index (χ4n) is 1.65. The molecule has 1 aliphatic rings. The Balaban J connectivity index is 2.58. The number of carbonyl (C=O) groups is 1. The van der Waals surface area contributed by atoms with E-state index in [1.54, 1.807) is 4.90 Å². The maximum atomic E-state index is 11.9. The summed E-state index contributed by atoms with van der Waals surface area (Å²) in [5.41, 5.74) is 0. The van der Waals surface area contributed by atoms with E-state index < -0.39 is 0 Å². The van der Waals surface area contributed by atoms with E-state index in [1.165, 1.54) is 0 Å². The number of urea groups is 1. The summed E-state index contributed by atoms with van der Waals surface area (Å²) in [5.74, 6) is 0. The first kappa shape index (κ1) is 11.3. The molecule has 1 saturated heterocycles. The Morgan fingerprint density at radius 1 is 1.64 bits per heavy atom. The van der Waals surface area contributed by atoms with Crippen LogP contribution in [-0.4, -0.2) is 55.1 Å². The molecule has 0 saturated carbocycles. The average molecular weight is 199 g/mol. The highest BCUT2D eigenvalue weighted by Crippen LogP contribution is 2.06. The Kier molecular flexibility index (Phi) is 4.20. The highest BCUT2D eigenvalue weighted by atomic mass is 16.2. The van der Waals surface area contributed by atoms with Crippen LogP contribution in [-0.2, 0) is 0 Å². The summed E-state index contributed by atoms with van der Waals surface area (Å²) in [6, 6.07) is 0.461. The van der Waals surface area contributed by atoms with Gasteiger partial charge >= 0.3 is 6.03 Å². The fourth-order valence-corrected chi connectivity index (χ4v) is 1.65. The molecular formula is C10H21N3O. The van der Waals surface area contributed by atoms with Gasteiger partial charge in [-0.25, -0.2) is 4.79 Å². The number of hydrogen-bond donors (Lipinski definition) is 1. The lowest BCUT2D eigenvalue weighted by Gasteiger charge is -2.30. The number of carbonyl (C=O) groups excluding carboxylic acids is 1. The topological polar surface area (TPSA) is 35.6 Å². The van der Waals surface area contributed by atoms with Gasteiger partial charge in [0.05, 0.1) is 0 Å². The molecule has 2 amide bonds. The lowest BCUT2D eigenvalue weighted by Crippen LogP contribution is -2.47. The van der Waals surface area contributed by atoms with Gasteiger partial charge in [-0.15, -0.1) is 0 Å². The molecule has 1 unspecified atom stereocenters. The Labute approximate surface area is 86.2 Å². The minimum absolute atomic E-state index is 0.156. The Morgan fingerprint density at radius 3 is 3.00 bits per heavy atom. The molecule has 0 spiro atoms. The third kappa shape index (κ3) is 2.61. The number of hydrogen-bond acceptors (Lipinski definition) is 2. The Hall–Kier alpha value is -0.770. The molecule has 1 rings (SSSR count). The van der Waals surface area contributed by atoms with Gasteiger partial charge in [0, 0.05) is 32.7 Å². The van der Waals surface area contributed by atoms with Crippen LogP contribution < -0.4 is 5.32 Å². The van der Waals surface area contributed by atoms with Crippen molar-refractivity contribution < 1.29 is 4.79 Å². The number of rotatable bonds is 1. The van der Waals surface area contributed by atoms with Crippen molar-refractivity contribution in [2.24, 2.45) is 0 Å². The van der Waals surface area contributed by atoms with Gasteiger partial charge < -0.3 is 15.1 Å². The molecule has 0 aliphatic carbocycles. The average Bonchev–Trinajstić information content (AvgIpc) is 2.40. The SMILES string of the molecule is CCN(C)C(=O)N1CCCNCC1C. The van der Waals surface area contributed by atoms with Crippen LogP contribution in [0.4, 0.5) is 4.79 Å². The van der Waals surface area contributed by atoms with E-state index in [4.69, 9.17) is 0 Å². The highest BCUT2D eigenvalue weighted by Gasteiger charge is 2.23. The van der Waals surface area contributed by atoms with Crippen LogP contribution in [0.15, 0.2) is 0 Å². The molecule has 0 aromatic rings. The van der Waals surface area contributed by atoms with E-state index in [0.717, 1.165) is 32.6 Å². The van der Waals surface area contributed by atoms with Crippen molar-refractivity contribution in [2.45, 2.75) is 26.3 Å². The second-order valence-corrected chi connectivity index (χ2v) is 3.90. The zero-order valence-electron chi connectivity index (χ0n) is 9.42. The van der Waals surface area contributed by atoms with Crippen LogP contribution in [0.2, 0.25) is 0 Å². The molecule has 14 heavy (non-hydrogen) atoms. The summed E-state index contributed by atoms with van der Waals surface area (Å²) in [6.45, 7) is 7.67. The van der Waals surface area contributed by atoms with Crippen molar-refractivity contribution >= 4 is 6.03 Å². The first-order chi connectivity index (χ1) is 6.66. The van der Waals surface area contributed by atoms with Crippen molar-refractivity contribution in [3.8, 4) is 0 Å². The van der Waals surface area contributed by atoms with Gasteiger partial charge in [-0.05, 0) is 26.8 Å². The van der Waals surface area contributed by atoms with Crippen LogP contribution in [0.1, 0.15) is 20.3 Å². The molecule has 4 heteroatoms. The van der Waals surface area contributed by atoms with Crippen molar-refractivity contribution in [1.29, 1.82) is 0 Å². The molecule has 0 radical (unpaired) electrons. The summed E-state index contributed by atoms with van der Waals surface area (Å²) < 4.78 is 0. The molecule has 1 heterocycles. The summed E-state index contributed by atoms with van der Waals surface area (Å²) >= 11 is 0. The predicted octanol–water partition coefficient (Wildman–Crippen LogP) is 0.742. The van der Waals surface area contributed by atoms with E-state index in [-0.39, 0.29) is 6.03 Å². The second-order valence-electron chi connectivity index (χ2n) is 3.90. The van der Waals surface area contributed by atoms with Gasteiger partial charge in [0.25, 0.3) is 0 Å². The predicted molar refractivity (Wildman–Crippen MR) is 57.4 cm³/mol. The van der Waals surface area contributed by atoms with Gasteiger partial charge in [0.15, 0.2) is 0 Å². The van der Waals surface area contributed by atoms with Gasteiger partial charge in [-0.2, -0.15) is 0 Å². The van der Waals surface area contributed by atoms with Gasteiger partial charge in [-0.1, -0.05) is 0 Å². The van der Waals surface area contributed by atoms with Crippen molar-refractivity contribution in [2.75, 3.05) is 33.2 Å². The maximum Gasteiger partial charge on any atom is 0.320 e. The zero-order valence-corrected chi connectivity index (χ0v) is 9.42. The minimum atomic E-state index is 0.156. The molecule has 0 bridgehead atoms. The van der Waals surface area contributed by atoms with Crippen LogP contribution in [0.25, 0.3) is 0 Å². The molecule has 0 aromatic heterocycles. The first-order valence-electron chi connectivity index (χ1n) is 5.39. The molecule has 1 aliphatic heterocycles. The third-order valence-electron chi connectivity index (χ3n) is 2.77. The molecule has 0 aromatic carbocycles. The van der Waals surface area contributed by atoms with E-state index in [0.29, 0.717) is 6.04 Å². The molecular weight excluding hydrogens is 178 g/mol. The third-order valence-corrected chi connectivity index (χ3v) is 2.77. The summed E-state index contributed by atoms with van der Waals surface area (Å²) in [7, 11) is 1.85. The standard InChI is InChI=1S/C10H21N3O/c1-4-12(3)10(14)13-7-5-6-11-8-9(13)2/h9,11H,4-8H2,1-3H3.